The third-order valence-corrected chi connectivity index (χ3v) is 4.45. The van der Waals surface area contributed by atoms with Gasteiger partial charge in [-0.3, -0.25) is 0 Å². The van der Waals surface area contributed by atoms with Crippen LogP contribution < -0.4 is 5.32 Å². The van der Waals surface area contributed by atoms with E-state index in [1.165, 1.54) is 6.42 Å². The molecule has 3 unspecified atom stereocenters. The molecule has 1 aliphatic rings. The molecule has 3 nitrogen and oxygen atoms in total. The van der Waals surface area contributed by atoms with Gasteiger partial charge in [-0.2, -0.15) is 0 Å². The molecule has 0 heterocycles. The zero-order valence-electron chi connectivity index (χ0n) is 12.8. The summed E-state index contributed by atoms with van der Waals surface area (Å²) in [5.41, 5.74) is 1.44. The fraction of sp³-hybridized carbons (Fsp3) is 0.647. The second kappa shape index (κ2) is 6.15. The minimum atomic E-state index is -0.592. The number of aryl methyl sites for hydroxylation is 1. The van der Waals surface area contributed by atoms with Crippen molar-refractivity contribution in [1.29, 1.82) is 0 Å². The number of hydrogen-bond donors (Lipinski definition) is 3. The average Bonchev–Trinajstić information content (AvgIpc) is 2.39. The lowest BCUT2D eigenvalue weighted by Gasteiger charge is -2.36. The fourth-order valence-corrected chi connectivity index (χ4v) is 3.27. The van der Waals surface area contributed by atoms with Gasteiger partial charge in [0.2, 0.25) is 0 Å². The second-order valence-corrected chi connectivity index (χ2v) is 6.59. The Morgan fingerprint density at radius 1 is 1.45 bits per heavy atom. The molecular formula is C17H27NO2. The van der Waals surface area contributed by atoms with Crippen LogP contribution in [0.25, 0.3) is 0 Å². The number of benzene rings is 1. The molecule has 3 atom stereocenters. The Balaban J connectivity index is 1.97. The third kappa shape index (κ3) is 3.74. The molecule has 3 heteroatoms. The minimum Gasteiger partial charge on any atom is -0.508 e. The van der Waals surface area contributed by atoms with E-state index in [4.69, 9.17) is 0 Å². The summed E-state index contributed by atoms with van der Waals surface area (Å²) in [6.07, 6.45) is 4.06. The van der Waals surface area contributed by atoms with Gasteiger partial charge in [-0.05, 0) is 38.7 Å². The first-order chi connectivity index (χ1) is 9.39. The van der Waals surface area contributed by atoms with Gasteiger partial charge in [0, 0.05) is 18.2 Å². The summed E-state index contributed by atoms with van der Waals surface area (Å²) in [5, 5.41) is 24.0. The summed E-state index contributed by atoms with van der Waals surface area (Å²) in [4.78, 5) is 0. The molecule has 0 saturated heterocycles. The van der Waals surface area contributed by atoms with Crippen LogP contribution in [0.5, 0.6) is 5.75 Å². The number of hydrogen-bond acceptors (Lipinski definition) is 3. The first-order valence-electron chi connectivity index (χ1n) is 7.65. The maximum Gasteiger partial charge on any atom is 0.120 e. The summed E-state index contributed by atoms with van der Waals surface area (Å²) >= 11 is 0. The van der Waals surface area contributed by atoms with Gasteiger partial charge in [-0.1, -0.05) is 37.5 Å². The van der Waals surface area contributed by atoms with E-state index in [-0.39, 0.29) is 6.04 Å². The molecule has 0 radical (unpaired) electrons. The Bertz CT molecular complexity index is 460. The lowest BCUT2D eigenvalue weighted by Crippen LogP contribution is -2.44. The normalized spacial score (nSPS) is 28.3. The summed E-state index contributed by atoms with van der Waals surface area (Å²) in [6.45, 7) is 6.85. The quantitative estimate of drug-likeness (QED) is 0.791. The van der Waals surface area contributed by atoms with Gasteiger partial charge in [0.05, 0.1) is 5.60 Å². The van der Waals surface area contributed by atoms with Crippen LogP contribution >= 0.6 is 0 Å². The Hall–Kier alpha value is -1.06. The van der Waals surface area contributed by atoms with Gasteiger partial charge < -0.3 is 15.5 Å². The molecule has 2 rings (SSSR count). The van der Waals surface area contributed by atoms with Gasteiger partial charge in [-0.15, -0.1) is 0 Å². The van der Waals surface area contributed by atoms with E-state index >= 15 is 0 Å². The number of rotatable bonds is 4. The summed E-state index contributed by atoms with van der Waals surface area (Å²) in [7, 11) is 0. The predicted molar refractivity (Wildman–Crippen MR) is 81.8 cm³/mol. The Morgan fingerprint density at radius 2 is 2.20 bits per heavy atom. The van der Waals surface area contributed by atoms with Gasteiger partial charge in [0.15, 0.2) is 0 Å². The molecular weight excluding hydrogens is 250 g/mol. The van der Waals surface area contributed by atoms with Crippen LogP contribution in [0.15, 0.2) is 18.2 Å². The molecule has 0 bridgehead atoms. The molecule has 1 aromatic rings. The van der Waals surface area contributed by atoms with Gasteiger partial charge in [-0.25, -0.2) is 0 Å². The number of aromatic hydroxyl groups is 1. The Kier molecular flexibility index (Phi) is 4.71. The minimum absolute atomic E-state index is 0.0381. The predicted octanol–water partition coefficient (Wildman–Crippen LogP) is 3.29. The number of nitrogens with one attached hydrogen (secondary N) is 1. The highest BCUT2D eigenvalue weighted by molar-refractivity contribution is 5.37. The van der Waals surface area contributed by atoms with Crippen molar-refractivity contribution in [3.05, 3.63) is 29.3 Å². The summed E-state index contributed by atoms with van der Waals surface area (Å²) in [5.74, 6) is 0.915. The van der Waals surface area contributed by atoms with Crippen LogP contribution in [0, 0.1) is 12.8 Å². The topological polar surface area (TPSA) is 52.5 Å². The highest BCUT2D eigenvalue weighted by Gasteiger charge is 2.32. The molecule has 0 spiro atoms. The van der Waals surface area contributed by atoms with Crippen molar-refractivity contribution in [3.63, 3.8) is 0 Å². The van der Waals surface area contributed by atoms with Crippen LogP contribution in [-0.2, 0) is 0 Å². The lowest BCUT2D eigenvalue weighted by molar-refractivity contribution is -0.0134. The van der Waals surface area contributed by atoms with Crippen molar-refractivity contribution in [2.45, 2.75) is 58.1 Å². The molecule has 1 fully saturated rings. The molecule has 0 amide bonds. The molecule has 112 valence electrons. The average molecular weight is 277 g/mol. The van der Waals surface area contributed by atoms with Gasteiger partial charge >= 0.3 is 0 Å². The standard InChI is InChI=1S/C17H27NO2/c1-12-6-7-16(19)15(9-12)14(3)18-11-17(20)8-4-5-13(2)10-17/h6-7,9,13-14,18-20H,4-5,8,10-11H2,1-3H3. The van der Waals surface area contributed by atoms with E-state index in [1.807, 2.05) is 26.0 Å². The first-order valence-corrected chi connectivity index (χ1v) is 7.65. The largest absolute Gasteiger partial charge is 0.508 e. The van der Waals surface area contributed by atoms with Crippen molar-refractivity contribution >= 4 is 0 Å². The molecule has 3 N–H and O–H groups in total. The van der Waals surface area contributed by atoms with E-state index in [2.05, 4.69) is 12.2 Å². The Labute approximate surface area is 122 Å². The molecule has 0 aromatic heterocycles. The van der Waals surface area contributed by atoms with Crippen LogP contribution in [-0.4, -0.2) is 22.4 Å². The van der Waals surface area contributed by atoms with Crippen molar-refractivity contribution < 1.29 is 10.2 Å². The molecule has 1 saturated carbocycles. The Morgan fingerprint density at radius 3 is 2.90 bits per heavy atom. The highest BCUT2D eigenvalue weighted by atomic mass is 16.3. The van der Waals surface area contributed by atoms with Gasteiger partial charge in [0.25, 0.3) is 0 Å². The molecule has 1 aromatic carbocycles. The first kappa shape index (κ1) is 15.3. The van der Waals surface area contributed by atoms with Crippen molar-refractivity contribution in [1.82, 2.24) is 5.32 Å². The molecule has 1 aliphatic carbocycles. The number of aliphatic hydroxyl groups is 1. The van der Waals surface area contributed by atoms with E-state index in [0.717, 1.165) is 30.4 Å². The summed E-state index contributed by atoms with van der Waals surface area (Å²) < 4.78 is 0. The maximum atomic E-state index is 10.6. The molecule has 0 aliphatic heterocycles. The van der Waals surface area contributed by atoms with Crippen LogP contribution in [0.3, 0.4) is 0 Å². The third-order valence-electron chi connectivity index (χ3n) is 4.45. The van der Waals surface area contributed by atoms with Crippen molar-refractivity contribution in [2.75, 3.05) is 6.54 Å². The SMILES string of the molecule is Cc1ccc(O)c(C(C)NCC2(O)CCCC(C)C2)c1. The smallest absolute Gasteiger partial charge is 0.120 e. The zero-order chi connectivity index (χ0) is 14.8. The number of phenolic OH excluding ortho intramolecular Hbond substituents is 1. The van der Waals surface area contributed by atoms with Crippen LogP contribution in [0.2, 0.25) is 0 Å². The molecule has 20 heavy (non-hydrogen) atoms. The van der Waals surface area contributed by atoms with Gasteiger partial charge in [0.1, 0.15) is 5.75 Å². The highest BCUT2D eigenvalue weighted by Crippen LogP contribution is 2.32. The maximum absolute atomic E-state index is 10.6. The van der Waals surface area contributed by atoms with Crippen LogP contribution in [0.4, 0.5) is 0 Å². The second-order valence-electron chi connectivity index (χ2n) is 6.59. The monoisotopic (exact) mass is 277 g/mol. The van der Waals surface area contributed by atoms with Crippen molar-refractivity contribution in [2.24, 2.45) is 5.92 Å². The van der Waals surface area contributed by atoms with Crippen LogP contribution in [0.1, 0.15) is 56.7 Å². The van der Waals surface area contributed by atoms with E-state index < -0.39 is 5.60 Å². The number of phenols is 1. The van der Waals surface area contributed by atoms with E-state index in [0.29, 0.717) is 18.2 Å². The van der Waals surface area contributed by atoms with Crippen molar-refractivity contribution in [3.8, 4) is 5.75 Å². The lowest BCUT2D eigenvalue weighted by atomic mass is 9.79. The fourth-order valence-electron chi connectivity index (χ4n) is 3.27. The van der Waals surface area contributed by atoms with E-state index in [1.54, 1.807) is 6.07 Å². The van der Waals surface area contributed by atoms with E-state index in [9.17, 15) is 10.2 Å². The summed E-state index contributed by atoms with van der Waals surface area (Å²) in [6, 6.07) is 5.68. The zero-order valence-corrected chi connectivity index (χ0v) is 12.8.